The molecule has 0 aliphatic rings. The molecule has 19 heavy (non-hydrogen) atoms. The van der Waals surface area contributed by atoms with Gasteiger partial charge in [0.15, 0.2) is 0 Å². The molecule has 3 nitrogen and oxygen atoms in total. The van der Waals surface area contributed by atoms with Crippen LogP contribution in [0.1, 0.15) is 83.4 Å². The third kappa shape index (κ3) is 9.57. The van der Waals surface area contributed by atoms with Gasteiger partial charge in [0.2, 0.25) is 0 Å². The molecular weight excluding hydrogens is 234 g/mol. The molecule has 0 aliphatic carbocycles. The fraction of sp³-hybridized carbons (Fsp3) is 0.750. The summed E-state index contributed by atoms with van der Waals surface area (Å²) in [5.41, 5.74) is 0. The van der Waals surface area contributed by atoms with Crippen molar-refractivity contribution in [3.05, 3.63) is 24.9 Å². The van der Waals surface area contributed by atoms with E-state index in [0.29, 0.717) is 0 Å². The van der Waals surface area contributed by atoms with Gasteiger partial charge in [-0.2, -0.15) is 0 Å². The van der Waals surface area contributed by atoms with Crippen LogP contribution in [0.4, 0.5) is 0 Å². The molecule has 0 amide bonds. The molecule has 0 aromatic carbocycles. The summed E-state index contributed by atoms with van der Waals surface area (Å²) in [6.07, 6.45) is 20.1. The Morgan fingerprint density at radius 3 is 1.89 bits per heavy atom. The molecule has 0 aliphatic heterocycles. The summed E-state index contributed by atoms with van der Waals surface area (Å²) >= 11 is 0. The lowest BCUT2D eigenvalue weighted by Crippen LogP contribution is -1.92. The summed E-state index contributed by atoms with van der Waals surface area (Å²) in [5, 5.41) is 0. The summed E-state index contributed by atoms with van der Waals surface area (Å²) in [5.74, 6) is 0.811. The van der Waals surface area contributed by atoms with Crippen molar-refractivity contribution in [2.24, 2.45) is 0 Å². The van der Waals surface area contributed by atoms with Gasteiger partial charge < -0.3 is 0 Å². The highest BCUT2D eigenvalue weighted by atomic mass is 15.0. The van der Waals surface area contributed by atoms with Crippen LogP contribution in [0, 0.1) is 6.42 Å². The molecule has 0 fully saturated rings. The predicted molar refractivity (Wildman–Crippen MR) is 79.7 cm³/mol. The first-order chi connectivity index (χ1) is 9.43. The molecule has 0 spiro atoms. The van der Waals surface area contributed by atoms with Crippen LogP contribution in [-0.4, -0.2) is 15.0 Å². The van der Waals surface area contributed by atoms with Crippen LogP contribution in [0.15, 0.2) is 12.7 Å². The highest BCUT2D eigenvalue weighted by molar-refractivity contribution is 4.96. The molecule has 1 rings (SSSR count). The topological polar surface area (TPSA) is 38.7 Å². The van der Waals surface area contributed by atoms with Crippen LogP contribution in [-0.2, 0) is 0 Å². The Hall–Kier alpha value is -0.990. The molecule has 0 unspecified atom stereocenters. The monoisotopic (exact) mass is 262 g/mol. The lowest BCUT2D eigenvalue weighted by molar-refractivity contribution is 0.555. The number of unbranched alkanes of at least 4 members (excludes halogenated alkanes) is 10. The van der Waals surface area contributed by atoms with E-state index in [2.05, 4.69) is 28.3 Å². The van der Waals surface area contributed by atoms with Gasteiger partial charge in [-0.1, -0.05) is 71.1 Å². The minimum absolute atomic E-state index is 0.811. The average molecular weight is 262 g/mol. The zero-order valence-electron chi connectivity index (χ0n) is 12.4. The normalized spacial score (nSPS) is 10.8. The SMILES string of the molecule is CCCCCCCCCCCC[CH]c1ncncn1. The molecule has 0 atom stereocenters. The highest BCUT2D eigenvalue weighted by Gasteiger charge is 1.96. The molecule has 1 radical (unpaired) electrons. The van der Waals surface area contributed by atoms with E-state index in [0.717, 1.165) is 12.2 Å². The van der Waals surface area contributed by atoms with E-state index in [9.17, 15) is 0 Å². The van der Waals surface area contributed by atoms with Crippen LogP contribution < -0.4 is 0 Å². The van der Waals surface area contributed by atoms with Crippen LogP contribution in [0.3, 0.4) is 0 Å². The third-order valence-electron chi connectivity index (χ3n) is 3.40. The van der Waals surface area contributed by atoms with Crippen molar-refractivity contribution in [2.45, 2.75) is 77.6 Å². The maximum atomic E-state index is 4.08. The lowest BCUT2D eigenvalue weighted by Gasteiger charge is -2.02. The molecule has 0 saturated carbocycles. The lowest BCUT2D eigenvalue weighted by atomic mass is 10.1. The Bertz CT molecular complexity index is 287. The Labute approximate surface area is 118 Å². The summed E-state index contributed by atoms with van der Waals surface area (Å²) in [6.45, 7) is 2.27. The molecule has 0 N–H and O–H groups in total. The van der Waals surface area contributed by atoms with Crippen LogP contribution in [0.25, 0.3) is 0 Å². The minimum atomic E-state index is 0.811. The molecular formula is C16H28N3. The zero-order valence-corrected chi connectivity index (χ0v) is 12.4. The summed E-state index contributed by atoms with van der Waals surface area (Å²) in [4.78, 5) is 12.0. The molecule has 0 bridgehead atoms. The maximum absolute atomic E-state index is 4.08. The van der Waals surface area contributed by atoms with Crippen molar-refractivity contribution in [3.8, 4) is 0 Å². The molecule has 107 valence electrons. The summed E-state index contributed by atoms with van der Waals surface area (Å²) in [7, 11) is 0. The molecule has 0 saturated heterocycles. The van der Waals surface area contributed by atoms with Crippen molar-refractivity contribution in [1.82, 2.24) is 15.0 Å². The first-order valence-corrected chi connectivity index (χ1v) is 7.88. The number of hydrogen-bond acceptors (Lipinski definition) is 3. The number of aromatic nitrogens is 3. The van der Waals surface area contributed by atoms with Gasteiger partial charge in [0.05, 0.1) is 0 Å². The van der Waals surface area contributed by atoms with Crippen molar-refractivity contribution >= 4 is 0 Å². The summed E-state index contributed by atoms with van der Waals surface area (Å²) < 4.78 is 0. The molecule has 1 aromatic heterocycles. The van der Waals surface area contributed by atoms with E-state index in [1.54, 1.807) is 12.7 Å². The average Bonchev–Trinajstić information content (AvgIpc) is 2.46. The van der Waals surface area contributed by atoms with E-state index >= 15 is 0 Å². The fourth-order valence-electron chi connectivity index (χ4n) is 2.22. The molecule has 1 aromatic rings. The largest absolute Gasteiger partial charge is 0.225 e. The predicted octanol–water partition coefficient (Wildman–Crippen LogP) is 4.73. The van der Waals surface area contributed by atoms with Gasteiger partial charge in [0.25, 0.3) is 0 Å². The summed E-state index contributed by atoms with van der Waals surface area (Å²) in [6, 6.07) is 0. The number of hydrogen-bond donors (Lipinski definition) is 0. The smallest absolute Gasteiger partial charge is 0.135 e. The van der Waals surface area contributed by atoms with E-state index < -0.39 is 0 Å². The third-order valence-corrected chi connectivity index (χ3v) is 3.40. The minimum Gasteiger partial charge on any atom is -0.225 e. The molecule has 3 heteroatoms. The van der Waals surface area contributed by atoms with E-state index in [-0.39, 0.29) is 0 Å². The standard InChI is InChI=1S/C16H28N3/c1-2-3-4-5-6-7-8-9-10-11-12-13-16-18-14-17-15-19-16/h13-15H,2-12H2,1H3. The number of rotatable bonds is 12. The van der Waals surface area contributed by atoms with Crippen LogP contribution in [0.5, 0.6) is 0 Å². The van der Waals surface area contributed by atoms with Gasteiger partial charge in [-0.25, -0.2) is 15.0 Å². The Balaban J connectivity index is 1.79. The van der Waals surface area contributed by atoms with Crippen molar-refractivity contribution < 1.29 is 0 Å². The van der Waals surface area contributed by atoms with Gasteiger partial charge in [-0.3, -0.25) is 0 Å². The Morgan fingerprint density at radius 1 is 0.789 bits per heavy atom. The number of nitrogens with zero attached hydrogens (tertiary/aromatic N) is 3. The van der Waals surface area contributed by atoms with Gasteiger partial charge in [-0.05, 0) is 6.42 Å². The van der Waals surface area contributed by atoms with E-state index in [1.807, 2.05) is 0 Å². The first-order valence-electron chi connectivity index (χ1n) is 7.88. The van der Waals surface area contributed by atoms with E-state index in [1.165, 1.54) is 64.2 Å². The first kappa shape index (κ1) is 16.1. The second kappa shape index (κ2) is 12.1. The van der Waals surface area contributed by atoms with Gasteiger partial charge in [0, 0.05) is 6.42 Å². The highest BCUT2D eigenvalue weighted by Crippen LogP contribution is 2.12. The Kier molecular flexibility index (Phi) is 10.2. The zero-order chi connectivity index (χ0) is 13.6. The second-order valence-electron chi connectivity index (χ2n) is 5.17. The van der Waals surface area contributed by atoms with E-state index in [4.69, 9.17) is 0 Å². The van der Waals surface area contributed by atoms with Crippen LogP contribution >= 0.6 is 0 Å². The van der Waals surface area contributed by atoms with Gasteiger partial charge >= 0.3 is 0 Å². The molecule has 1 heterocycles. The quantitative estimate of drug-likeness (QED) is 0.511. The van der Waals surface area contributed by atoms with Gasteiger partial charge in [-0.15, -0.1) is 0 Å². The van der Waals surface area contributed by atoms with Crippen molar-refractivity contribution in [2.75, 3.05) is 0 Å². The van der Waals surface area contributed by atoms with Crippen molar-refractivity contribution in [1.29, 1.82) is 0 Å². The van der Waals surface area contributed by atoms with Gasteiger partial charge in [0.1, 0.15) is 18.5 Å². The fourth-order valence-corrected chi connectivity index (χ4v) is 2.22. The van der Waals surface area contributed by atoms with Crippen LogP contribution in [0.2, 0.25) is 0 Å². The van der Waals surface area contributed by atoms with Crippen molar-refractivity contribution in [3.63, 3.8) is 0 Å². The Morgan fingerprint density at radius 2 is 1.32 bits per heavy atom. The maximum Gasteiger partial charge on any atom is 0.135 e. The second-order valence-corrected chi connectivity index (χ2v) is 5.17.